The average Bonchev–Trinajstić information content (AvgIpc) is 2.58. The first-order chi connectivity index (χ1) is 9.31. The van der Waals surface area contributed by atoms with Crippen molar-refractivity contribution in [3.05, 3.63) is 50.5 Å². The summed E-state index contributed by atoms with van der Waals surface area (Å²) in [5, 5.41) is 2.80. The van der Waals surface area contributed by atoms with Gasteiger partial charge in [-0.15, -0.1) is 0 Å². The van der Waals surface area contributed by atoms with Crippen molar-refractivity contribution in [1.29, 1.82) is 0 Å². The summed E-state index contributed by atoms with van der Waals surface area (Å²) in [6.45, 7) is 7.53. The van der Waals surface area contributed by atoms with E-state index < -0.39 is 11.5 Å². The molecular formula is C15H18N2O3. The Labute approximate surface area is 117 Å². The summed E-state index contributed by atoms with van der Waals surface area (Å²) in [5.74, 6) is -0.438. The molecule has 1 amide bonds. The smallest absolute Gasteiger partial charge is 0.336 e. The summed E-state index contributed by atoms with van der Waals surface area (Å²) >= 11 is 0. The summed E-state index contributed by atoms with van der Waals surface area (Å²) in [5.41, 5.74) is 3.74. The molecule has 0 aliphatic heterocycles. The lowest BCUT2D eigenvalue weighted by Gasteiger charge is -2.12. The van der Waals surface area contributed by atoms with E-state index >= 15 is 0 Å². The number of carbonyl (C=O) groups is 1. The monoisotopic (exact) mass is 274 g/mol. The van der Waals surface area contributed by atoms with Crippen LogP contribution in [-0.4, -0.2) is 10.6 Å². The Morgan fingerprint density at radius 3 is 2.15 bits per heavy atom. The number of carbonyl (C=O) groups excluding carboxylic acids is 1. The largest absolute Gasteiger partial charge is 0.370 e. The van der Waals surface area contributed by atoms with Gasteiger partial charge in [-0.2, -0.15) is 0 Å². The van der Waals surface area contributed by atoms with Crippen LogP contribution in [0.3, 0.4) is 0 Å². The van der Waals surface area contributed by atoms with E-state index in [1.54, 1.807) is 14.0 Å². The first-order valence-corrected chi connectivity index (χ1v) is 6.37. The second kappa shape index (κ2) is 5.00. The van der Waals surface area contributed by atoms with Crippen molar-refractivity contribution in [2.75, 3.05) is 5.32 Å². The maximum Gasteiger partial charge on any atom is 0.370 e. The van der Waals surface area contributed by atoms with Crippen molar-refractivity contribution in [1.82, 2.24) is 4.74 Å². The van der Waals surface area contributed by atoms with Crippen molar-refractivity contribution >= 4 is 11.6 Å². The van der Waals surface area contributed by atoms with Crippen LogP contribution in [0.5, 0.6) is 0 Å². The predicted octanol–water partition coefficient (Wildman–Crippen LogP) is 2.46. The van der Waals surface area contributed by atoms with Gasteiger partial charge >= 0.3 is 5.63 Å². The molecule has 0 bridgehead atoms. The van der Waals surface area contributed by atoms with E-state index in [-0.39, 0.29) is 5.56 Å². The van der Waals surface area contributed by atoms with Gasteiger partial charge in [0.25, 0.3) is 5.91 Å². The third-order valence-corrected chi connectivity index (χ3v) is 3.40. The Balaban J connectivity index is 2.40. The van der Waals surface area contributed by atoms with Gasteiger partial charge in [-0.25, -0.2) is 9.53 Å². The molecule has 20 heavy (non-hydrogen) atoms. The molecule has 0 aliphatic rings. The minimum Gasteiger partial charge on any atom is -0.336 e. The van der Waals surface area contributed by atoms with Crippen LogP contribution < -0.4 is 10.9 Å². The highest BCUT2D eigenvalue weighted by molar-refractivity contribution is 6.05. The molecule has 0 saturated carbocycles. The lowest BCUT2D eigenvalue weighted by molar-refractivity contribution is 0.102. The van der Waals surface area contributed by atoms with E-state index in [9.17, 15) is 9.59 Å². The van der Waals surface area contributed by atoms with Gasteiger partial charge in [0, 0.05) is 12.7 Å². The van der Waals surface area contributed by atoms with Crippen LogP contribution in [0.15, 0.2) is 21.5 Å². The van der Waals surface area contributed by atoms with Gasteiger partial charge in [0.05, 0.1) is 5.69 Å². The second-order valence-electron chi connectivity index (χ2n) is 5.06. The molecule has 1 aromatic heterocycles. The molecular weight excluding hydrogens is 256 g/mol. The zero-order valence-electron chi connectivity index (χ0n) is 12.3. The number of aromatic nitrogens is 1. The maximum atomic E-state index is 12.3. The number of benzene rings is 1. The molecule has 0 atom stereocenters. The minimum absolute atomic E-state index is 0.0480. The van der Waals surface area contributed by atoms with Crippen LogP contribution in [0.1, 0.15) is 32.7 Å². The van der Waals surface area contributed by atoms with Crippen molar-refractivity contribution in [2.24, 2.45) is 7.05 Å². The molecule has 0 aliphatic carbocycles. The number of nitrogens with one attached hydrogen (secondary N) is 1. The molecule has 1 N–H and O–H groups in total. The van der Waals surface area contributed by atoms with Crippen LogP contribution in [0.4, 0.5) is 5.69 Å². The van der Waals surface area contributed by atoms with Crippen molar-refractivity contribution < 1.29 is 9.32 Å². The van der Waals surface area contributed by atoms with Crippen LogP contribution in [0.25, 0.3) is 0 Å². The number of rotatable bonds is 2. The first-order valence-electron chi connectivity index (χ1n) is 6.37. The van der Waals surface area contributed by atoms with Crippen molar-refractivity contribution in [3.8, 4) is 0 Å². The van der Waals surface area contributed by atoms with Gasteiger partial charge in [0.2, 0.25) is 0 Å². The average molecular weight is 274 g/mol. The van der Waals surface area contributed by atoms with Crippen LogP contribution in [0.2, 0.25) is 0 Å². The Morgan fingerprint density at radius 1 is 1.15 bits per heavy atom. The molecule has 106 valence electrons. The molecule has 2 aromatic rings. The highest BCUT2D eigenvalue weighted by Gasteiger charge is 2.20. The second-order valence-corrected chi connectivity index (χ2v) is 5.06. The van der Waals surface area contributed by atoms with E-state index in [0.29, 0.717) is 5.69 Å². The fourth-order valence-electron chi connectivity index (χ4n) is 2.35. The molecule has 0 spiro atoms. The highest BCUT2D eigenvalue weighted by Crippen LogP contribution is 2.22. The number of hydrogen-bond donors (Lipinski definition) is 1. The molecule has 5 heteroatoms. The van der Waals surface area contributed by atoms with Crippen LogP contribution in [-0.2, 0) is 7.05 Å². The third kappa shape index (κ3) is 2.39. The van der Waals surface area contributed by atoms with E-state index in [1.165, 1.54) is 4.74 Å². The maximum absolute atomic E-state index is 12.3. The topological polar surface area (TPSA) is 64.2 Å². The molecule has 2 rings (SSSR count). The van der Waals surface area contributed by atoms with Gasteiger partial charge in [-0.05, 0) is 38.8 Å². The zero-order valence-corrected chi connectivity index (χ0v) is 12.3. The van der Waals surface area contributed by atoms with E-state index in [1.807, 2.05) is 32.9 Å². The molecule has 5 nitrogen and oxygen atoms in total. The number of hydrogen-bond acceptors (Lipinski definition) is 3. The zero-order chi connectivity index (χ0) is 15.0. The lowest BCUT2D eigenvalue weighted by atomic mass is 10.0. The standard InChI is InChI=1S/C15H18N2O3/c1-8-6-9(2)13(10(3)7-8)16-14(18)12-11(4)17(5)20-15(12)19/h6-7H,1-5H3,(H,16,18). The normalized spacial score (nSPS) is 10.7. The van der Waals surface area contributed by atoms with Crippen molar-refractivity contribution in [2.45, 2.75) is 27.7 Å². The van der Waals surface area contributed by atoms with Gasteiger partial charge in [-0.1, -0.05) is 17.7 Å². The molecule has 1 aromatic carbocycles. The van der Waals surface area contributed by atoms with E-state index in [0.717, 1.165) is 22.4 Å². The van der Waals surface area contributed by atoms with Crippen LogP contribution in [0, 0.1) is 27.7 Å². The Hall–Kier alpha value is -2.30. The summed E-state index contributed by atoms with van der Waals surface area (Å²) in [6.07, 6.45) is 0. The SMILES string of the molecule is Cc1cc(C)c(NC(=O)c2c(C)n(C)oc2=O)c(C)c1. The Morgan fingerprint density at radius 2 is 1.70 bits per heavy atom. The number of aryl methyl sites for hydroxylation is 4. The fraction of sp³-hybridized carbons (Fsp3) is 0.333. The fourth-order valence-corrected chi connectivity index (χ4v) is 2.35. The summed E-state index contributed by atoms with van der Waals surface area (Å²) in [6, 6.07) is 3.98. The summed E-state index contributed by atoms with van der Waals surface area (Å²) in [7, 11) is 1.59. The summed E-state index contributed by atoms with van der Waals surface area (Å²) in [4.78, 5) is 23.9. The molecule has 0 radical (unpaired) electrons. The van der Waals surface area contributed by atoms with Crippen molar-refractivity contribution in [3.63, 3.8) is 0 Å². The van der Waals surface area contributed by atoms with Gasteiger partial charge in [0.1, 0.15) is 5.56 Å². The molecule has 1 heterocycles. The number of amides is 1. The van der Waals surface area contributed by atoms with Gasteiger partial charge in [0.15, 0.2) is 0 Å². The minimum atomic E-state index is -0.620. The molecule has 0 unspecified atom stereocenters. The number of nitrogens with zero attached hydrogens (tertiary/aromatic N) is 1. The van der Waals surface area contributed by atoms with Crippen LogP contribution >= 0.6 is 0 Å². The summed E-state index contributed by atoms with van der Waals surface area (Å²) < 4.78 is 6.18. The molecule has 0 fully saturated rings. The third-order valence-electron chi connectivity index (χ3n) is 3.40. The first kappa shape index (κ1) is 14.1. The van der Waals surface area contributed by atoms with E-state index in [2.05, 4.69) is 5.32 Å². The van der Waals surface area contributed by atoms with E-state index in [4.69, 9.17) is 4.52 Å². The Bertz CT molecular complexity index is 715. The quantitative estimate of drug-likeness (QED) is 0.915. The lowest BCUT2D eigenvalue weighted by Crippen LogP contribution is -2.20. The van der Waals surface area contributed by atoms with Gasteiger partial charge in [-0.3, -0.25) is 4.79 Å². The highest BCUT2D eigenvalue weighted by atomic mass is 16.5. The molecule has 0 saturated heterocycles. The van der Waals surface area contributed by atoms with Gasteiger partial charge < -0.3 is 9.84 Å². The Kier molecular flexibility index (Phi) is 3.53. The predicted molar refractivity (Wildman–Crippen MR) is 77.3 cm³/mol. The number of anilines is 1.